The first-order chi connectivity index (χ1) is 11.7. The fourth-order valence-corrected chi connectivity index (χ4v) is 3.74. The highest BCUT2D eigenvalue weighted by atomic mass is 16.2. The van der Waals surface area contributed by atoms with Crippen molar-refractivity contribution in [1.82, 2.24) is 19.8 Å². The van der Waals surface area contributed by atoms with E-state index in [2.05, 4.69) is 39.5 Å². The number of fused-ring (bicyclic) bond motifs is 1. The van der Waals surface area contributed by atoms with Gasteiger partial charge in [-0.2, -0.15) is 0 Å². The Morgan fingerprint density at radius 3 is 2.92 bits per heavy atom. The lowest BCUT2D eigenvalue weighted by molar-refractivity contribution is 0.161. The zero-order valence-electron chi connectivity index (χ0n) is 14.1. The van der Waals surface area contributed by atoms with Crippen LogP contribution in [0, 0.1) is 0 Å². The van der Waals surface area contributed by atoms with Crippen LogP contribution in [-0.4, -0.2) is 26.5 Å². The standard InChI is InChI=1S/C19H24N4O/c1-22-12-11-20-18(22)13-21-19(24)23(15-9-10-15)17-8-4-6-14-5-2-3-7-16(14)17/h2-3,5,7,11-12,15,17H,4,6,8-10,13H2,1H3,(H,21,24). The van der Waals surface area contributed by atoms with E-state index in [1.165, 1.54) is 11.1 Å². The fourth-order valence-electron chi connectivity index (χ4n) is 3.74. The van der Waals surface area contributed by atoms with Crippen LogP contribution in [0.1, 0.15) is 48.7 Å². The van der Waals surface area contributed by atoms with Gasteiger partial charge in [0.25, 0.3) is 0 Å². The smallest absolute Gasteiger partial charge is 0.318 e. The van der Waals surface area contributed by atoms with Crippen molar-refractivity contribution in [2.45, 2.75) is 50.7 Å². The minimum absolute atomic E-state index is 0.0437. The van der Waals surface area contributed by atoms with Crippen molar-refractivity contribution < 1.29 is 4.79 Å². The van der Waals surface area contributed by atoms with E-state index in [0.717, 1.165) is 37.9 Å². The predicted molar refractivity (Wildman–Crippen MR) is 92.4 cm³/mol. The number of rotatable bonds is 4. The van der Waals surface area contributed by atoms with E-state index in [1.54, 1.807) is 6.20 Å². The van der Waals surface area contributed by atoms with Crippen LogP contribution in [0.15, 0.2) is 36.7 Å². The molecule has 2 aromatic rings. The SMILES string of the molecule is Cn1ccnc1CNC(=O)N(C1CC1)C1CCCc2ccccc21. The van der Waals surface area contributed by atoms with Crippen molar-refractivity contribution in [3.05, 3.63) is 53.6 Å². The van der Waals surface area contributed by atoms with Crippen molar-refractivity contribution in [2.75, 3.05) is 0 Å². The summed E-state index contributed by atoms with van der Waals surface area (Å²) in [6.07, 6.45) is 9.24. The molecule has 4 rings (SSSR count). The number of aromatic nitrogens is 2. The number of amides is 2. The van der Waals surface area contributed by atoms with Gasteiger partial charge in [0.1, 0.15) is 5.82 Å². The molecule has 1 heterocycles. The minimum atomic E-state index is 0.0437. The van der Waals surface area contributed by atoms with Gasteiger partial charge in [0.2, 0.25) is 0 Å². The molecule has 0 bridgehead atoms. The molecule has 5 heteroatoms. The van der Waals surface area contributed by atoms with Crippen LogP contribution in [0.4, 0.5) is 4.79 Å². The van der Waals surface area contributed by atoms with E-state index in [-0.39, 0.29) is 12.1 Å². The van der Waals surface area contributed by atoms with Gasteiger partial charge in [-0.25, -0.2) is 9.78 Å². The van der Waals surface area contributed by atoms with Gasteiger partial charge in [-0.05, 0) is 43.2 Å². The lowest BCUT2D eigenvalue weighted by atomic mass is 9.87. The summed E-state index contributed by atoms with van der Waals surface area (Å²) in [5, 5.41) is 3.08. The van der Waals surface area contributed by atoms with E-state index >= 15 is 0 Å². The first kappa shape index (κ1) is 15.2. The third kappa shape index (κ3) is 2.90. The first-order valence-corrected chi connectivity index (χ1v) is 8.84. The molecule has 1 atom stereocenters. The molecule has 2 amide bonds. The molecule has 1 N–H and O–H groups in total. The second kappa shape index (κ2) is 6.30. The Balaban J connectivity index is 1.53. The van der Waals surface area contributed by atoms with Gasteiger partial charge in [-0.3, -0.25) is 0 Å². The maximum atomic E-state index is 12.9. The summed E-state index contributed by atoms with van der Waals surface area (Å²) in [6, 6.07) is 9.24. The van der Waals surface area contributed by atoms with Crippen LogP contribution in [0.25, 0.3) is 0 Å². The number of carbonyl (C=O) groups excluding carboxylic acids is 1. The van der Waals surface area contributed by atoms with E-state index in [1.807, 2.05) is 17.8 Å². The summed E-state index contributed by atoms with van der Waals surface area (Å²) in [5.74, 6) is 0.878. The Morgan fingerprint density at radius 1 is 1.33 bits per heavy atom. The van der Waals surface area contributed by atoms with Gasteiger partial charge in [0, 0.05) is 25.5 Å². The highest BCUT2D eigenvalue weighted by Gasteiger charge is 2.39. The lowest BCUT2D eigenvalue weighted by Gasteiger charge is -2.36. The predicted octanol–water partition coefficient (Wildman–Crippen LogP) is 3.17. The van der Waals surface area contributed by atoms with Gasteiger partial charge in [0.15, 0.2) is 0 Å². The molecular weight excluding hydrogens is 300 g/mol. The largest absolute Gasteiger partial charge is 0.337 e. The zero-order valence-corrected chi connectivity index (χ0v) is 14.1. The quantitative estimate of drug-likeness (QED) is 0.939. The number of urea groups is 1. The molecule has 0 aliphatic heterocycles. The number of nitrogens with one attached hydrogen (secondary N) is 1. The van der Waals surface area contributed by atoms with Crippen molar-refractivity contribution >= 4 is 6.03 Å². The molecule has 1 aromatic carbocycles. The summed E-state index contributed by atoms with van der Waals surface area (Å²) in [5.41, 5.74) is 2.74. The molecule has 5 nitrogen and oxygen atoms in total. The Labute approximate surface area is 142 Å². The third-order valence-corrected chi connectivity index (χ3v) is 5.17. The van der Waals surface area contributed by atoms with E-state index in [0.29, 0.717) is 12.6 Å². The maximum Gasteiger partial charge on any atom is 0.318 e. The van der Waals surface area contributed by atoms with Crippen LogP contribution in [0.5, 0.6) is 0 Å². The van der Waals surface area contributed by atoms with Gasteiger partial charge in [0.05, 0.1) is 12.6 Å². The molecule has 1 aromatic heterocycles. The van der Waals surface area contributed by atoms with Crippen LogP contribution >= 0.6 is 0 Å². The molecule has 2 aliphatic rings. The number of hydrogen-bond acceptors (Lipinski definition) is 2. The van der Waals surface area contributed by atoms with Crippen LogP contribution < -0.4 is 5.32 Å². The number of carbonyl (C=O) groups is 1. The van der Waals surface area contributed by atoms with Crippen molar-refractivity contribution in [1.29, 1.82) is 0 Å². The van der Waals surface area contributed by atoms with Gasteiger partial charge >= 0.3 is 6.03 Å². The summed E-state index contributed by atoms with van der Waals surface area (Å²) >= 11 is 0. The summed E-state index contributed by atoms with van der Waals surface area (Å²) in [7, 11) is 1.95. The third-order valence-electron chi connectivity index (χ3n) is 5.17. The molecule has 0 saturated heterocycles. The van der Waals surface area contributed by atoms with Crippen molar-refractivity contribution in [2.24, 2.45) is 7.05 Å². The number of hydrogen-bond donors (Lipinski definition) is 1. The Kier molecular flexibility index (Phi) is 4.00. The summed E-state index contributed by atoms with van der Waals surface area (Å²) in [4.78, 5) is 19.3. The topological polar surface area (TPSA) is 50.2 Å². The number of benzene rings is 1. The molecule has 1 fully saturated rings. The van der Waals surface area contributed by atoms with Gasteiger partial charge in [-0.1, -0.05) is 24.3 Å². The Morgan fingerprint density at radius 2 is 2.17 bits per heavy atom. The number of imidazole rings is 1. The number of aryl methyl sites for hydroxylation is 2. The summed E-state index contributed by atoms with van der Waals surface area (Å²) in [6.45, 7) is 0.472. The minimum Gasteiger partial charge on any atom is -0.337 e. The Bertz CT molecular complexity index is 734. The average Bonchev–Trinajstić information content (AvgIpc) is 3.35. The normalized spacial score (nSPS) is 19.6. The molecule has 24 heavy (non-hydrogen) atoms. The molecule has 0 spiro atoms. The van der Waals surface area contributed by atoms with Crippen LogP contribution in [0.2, 0.25) is 0 Å². The average molecular weight is 324 g/mol. The highest BCUT2D eigenvalue weighted by Crippen LogP contribution is 2.40. The highest BCUT2D eigenvalue weighted by molar-refractivity contribution is 5.75. The molecule has 126 valence electrons. The van der Waals surface area contributed by atoms with E-state index in [4.69, 9.17) is 0 Å². The molecule has 2 aliphatic carbocycles. The van der Waals surface area contributed by atoms with E-state index in [9.17, 15) is 4.79 Å². The van der Waals surface area contributed by atoms with Gasteiger partial charge in [-0.15, -0.1) is 0 Å². The molecule has 1 unspecified atom stereocenters. The van der Waals surface area contributed by atoms with Crippen molar-refractivity contribution in [3.63, 3.8) is 0 Å². The zero-order chi connectivity index (χ0) is 16.5. The van der Waals surface area contributed by atoms with Crippen molar-refractivity contribution in [3.8, 4) is 0 Å². The van der Waals surface area contributed by atoms with Gasteiger partial charge < -0.3 is 14.8 Å². The van der Waals surface area contributed by atoms with E-state index < -0.39 is 0 Å². The first-order valence-electron chi connectivity index (χ1n) is 8.84. The second-order valence-electron chi connectivity index (χ2n) is 6.86. The fraction of sp³-hybridized carbons (Fsp3) is 0.474. The van der Waals surface area contributed by atoms with Crippen LogP contribution in [-0.2, 0) is 20.0 Å². The second-order valence-corrected chi connectivity index (χ2v) is 6.86. The number of nitrogens with zero attached hydrogens (tertiary/aromatic N) is 3. The molecule has 1 saturated carbocycles. The molecule has 0 radical (unpaired) electrons. The Hall–Kier alpha value is -2.30. The van der Waals surface area contributed by atoms with Crippen LogP contribution in [0.3, 0.4) is 0 Å². The molecular formula is C19H24N4O. The summed E-state index contributed by atoms with van der Waals surface area (Å²) < 4.78 is 1.94. The lowest BCUT2D eigenvalue weighted by Crippen LogP contribution is -2.44. The monoisotopic (exact) mass is 324 g/mol. The maximum absolute atomic E-state index is 12.9.